The Bertz CT molecular complexity index is 589. The van der Waals surface area contributed by atoms with Gasteiger partial charge in [-0.1, -0.05) is 0 Å². The number of aromatic nitrogens is 1. The number of H-pyrrole nitrogens is 1. The summed E-state index contributed by atoms with van der Waals surface area (Å²) in [5.74, 6) is 0. The Morgan fingerprint density at radius 3 is 2.38 bits per heavy atom. The third kappa shape index (κ3) is 3.66. The van der Waals surface area contributed by atoms with Gasteiger partial charge < -0.3 is 15.0 Å². The molecule has 0 spiro atoms. The minimum absolute atomic E-state index is 0.307. The zero-order chi connectivity index (χ0) is 15.9. The molecule has 2 rings (SSSR count). The lowest BCUT2D eigenvalue weighted by molar-refractivity contribution is -0.163. The summed E-state index contributed by atoms with van der Waals surface area (Å²) in [6.45, 7) is 8.98. The van der Waals surface area contributed by atoms with E-state index in [0.29, 0.717) is 24.5 Å². The Morgan fingerprint density at radius 2 is 1.86 bits per heavy atom. The van der Waals surface area contributed by atoms with E-state index in [4.69, 9.17) is 4.74 Å². The van der Waals surface area contributed by atoms with Crippen LogP contribution in [0.5, 0.6) is 0 Å². The highest BCUT2D eigenvalue weighted by Crippen LogP contribution is 2.31. The molecule has 7 heteroatoms. The maximum Gasteiger partial charge on any atom is 0.244 e. The van der Waals surface area contributed by atoms with E-state index in [2.05, 4.69) is 10.3 Å². The molecule has 0 amide bonds. The van der Waals surface area contributed by atoms with E-state index in [1.807, 2.05) is 34.7 Å². The van der Waals surface area contributed by atoms with Gasteiger partial charge in [0.15, 0.2) is 0 Å². The van der Waals surface area contributed by atoms with Crippen molar-refractivity contribution in [3.8, 4) is 0 Å². The third-order valence-electron chi connectivity index (χ3n) is 3.39. The van der Waals surface area contributed by atoms with Gasteiger partial charge in [0.05, 0.1) is 16.1 Å². The van der Waals surface area contributed by atoms with Crippen molar-refractivity contribution in [3.05, 3.63) is 18.0 Å². The molecular weight excluding hydrogens is 290 g/mol. The fourth-order valence-electron chi connectivity index (χ4n) is 2.90. The third-order valence-corrected chi connectivity index (χ3v) is 5.16. The molecule has 0 unspecified atom stereocenters. The molecule has 1 aromatic rings. The lowest BCUT2D eigenvalue weighted by atomic mass is 10.0. The number of hydrogen-bond donors (Lipinski definition) is 2. The number of rotatable bonds is 4. The van der Waals surface area contributed by atoms with E-state index in [0.717, 1.165) is 5.69 Å². The maximum absolute atomic E-state index is 12.8. The van der Waals surface area contributed by atoms with Crippen molar-refractivity contribution < 1.29 is 13.2 Å². The normalized spacial score (nSPS) is 22.3. The van der Waals surface area contributed by atoms with E-state index in [9.17, 15) is 8.42 Å². The fourth-order valence-corrected chi connectivity index (χ4v) is 4.66. The van der Waals surface area contributed by atoms with Gasteiger partial charge in [-0.2, -0.15) is 4.31 Å². The van der Waals surface area contributed by atoms with Crippen LogP contribution in [0.15, 0.2) is 17.2 Å². The molecule has 1 aromatic heterocycles. The molecule has 21 heavy (non-hydrogen) atoms. The molecule has 1 aliphatic heterocycles. The van der Waals surface area contributed by atoms with Crippen molar-refractivity contribution in [2.24, 2.45) is 0 Å². The molecule has 0 saturated carbocycles. The summed E-state index contributed by atoms with van der Waals surface area (Å²) in [5, 5.41) is 2.99. The minimum Gasteiger partial charge on any atom is -0.367 e. The molecule has 0 aromatic carbocycles. The average molecular weight is 315 g/mol. The smallest absolute Gasteiger partial charge is 0.244 e. The lowest BCUT2D eigenvalue weighted by Gasteiger charge is -2.46. The van der Waals surface area contributed by atoms with Crippen LogP contribution in [-0.4, -0.2) is 49.0 Å². The Balaban J connectivity index is 2.29. The van der Waals surface area contributed by atoms with E-state index >= 15 is 0 Å². The Morgan fingerprint density at radius 1 is 1.29 bits per heavy atom. The van der Waals surface area contributed by atoms with E-state index < -0.39 is 21.2 Å². The Hall–Kier alpha value is -0.890. The molecule has 1 aliphatic rings. The standard InChI is InChI=1S/C14H25N3O3S/c1-13(2)9-17(10-14(3,4)20-13)21(18,19)12-6-11(7-15-5)16-8-12/h6,8,15-16H,7,9-10H2,1-5H3. The number of aromatic amines is 1. The fraction of sp³-hybridized carbons (Fsp3) is 0.714. The van der Waals surface area contributed by atoms with Crippen molar-refractivity contribution in [3.63, 3.8) is 0 Å². The first-order valence-electron chi connectivity index (χ1n) is 7.08. The van der Waals surface area contributed by atoms with E-state index in [1.54, 1.807) is 12.3 Å². The molecule has 0 aliphatic carbocycles. The summed E-state index contributed by atoms with van der Waals surface area (Å²) in [7, 11) is -1.69. The minimum atomic E-state index is -3.51. The van der Waals surface area contributed by atoms with Gasteiger partial charge in [0.2, 0.25) is 10.0 Å². The van der Waals surface area contributed by atoms with Gasteiger partial charge in [0.1, 0.15) is 0 Å². The van der Waals surface area contributed by atoms with Crippen molar-refractivity contribution >= 4 is 10.0 Å². The summed E-state index contributed by atoms with van der Waals surface area (Å²) < 4.78 is 33.1. The second-order valence-electron chi connectivity index (χ2n) is 6.79. The molecule has 6 nitrogen and oxygen atoms in total. The second kappa shape index (κ2) is 5.39. The SMILES string of the molecule is CNCc1cc(S(=O)(=O)N2CC(C)(C)OC(C)(C)C2)c[nH]1. The molecule has 1 saturated heterocycles. The number of nitrogens with one attached hydrogen (secondary N) is 2. The second-order valence-corrected chi connectivity index (χ2v) is 8.72. The van der Waals surface area contributed by atoms with Gasteiger partial charge in [-0.3, -0.25) is 0 Å². The van der Waals surface area contributed by atoms with Crippen LogP contribution in [0.4, 0.5) is 0 Å². The molecule has 120 valence electrons. The first-order chi connectivity index (χ1) is 9.56. The topological polar surface area (TPSA) is 74.4 Å². The zero-order valence-corrected chi connectivity index (χ0v) is 14.2. The summed E-state index contributed by atoms with van der Waals surface area (Å²) in [5.41, 5.74) is -0.152. The number of ether oxygens (including phenoxy) is 1. The molecule has 2 heterocycles. The zero-order valence-electron chi connectivity index (χ0n) is 13.4. The molecule has 0 atom stereocenters. The predicted molar refractivity (Wildman–Crippen MR) is 81.6 cm³/mol. The number of morpholine rings is 1. The molecule has 1 fully saturated rings. The summed E-state index contributed by atoms with van der Waals surface area (Å²) in [6, 6.07) is 1.68. The first kappa shape index (κ1) is 16.5. The number of hydrogen-bond acceptors (Lipinski definition) is 4. The molecular formula is C14H25N3O3S. The van der Waals surface area contributed by atoms with Crippen molar-refractivity contribution in [1.82, 2.24) is 14.6 Å². The van der Waals surface area contributed by atoms with Gasteiger partial charge in [-0.25, -0.2) is 8.42 Å². The summed E-state index contributed by atoms with van der Waals surface area (Å²) >= 11 is 0. The quantitative estimate of drug-likeness (QED) is 0.878. The van der Waals surface area contributed by atoms with Crippen LogP contribution in [0.1, 0.15) is 33.4 Å². The van der Waals surface area contributed by atoms with Gasteiger partial charge in [-0.15, -0.1) is 0 Å². The number of sulfonamides is 1. The van der Waals surface area contributed by atoms with Gasteiger partial charge in [-0.05, 0) is 40.8 Å². The van der Waals surface area contributed by atoms with Crippen LogP contribution in [0.25, 0.3) is 0 Å². The highest BCUT2D eigenvalue weighted by Gasteiger charge is 2.43. The Kier molecular flexibility index (Phi) is 4.23. The lowest BCUT2D eigenvalue weighted by Crippen LogP contribution is -2.58. The molecule has 0 radical (unpaired) electrons. The van der Waals surface area contributed by atoms with E-state index in [1.165, 1.54) is 4.31 Å². The van der Waals surface area contributed by atoms with Crippen molar-refractivity contribution in [2.45, 2.75) is 50.3 Å². The van der Waals surface area contributed by atoms with Crippen LogP contribution in [0, 0.1) is 0 Å². The van der Waals surface area contributed by atoms with Gasteiger partial charge in [0.25, 0.3) is 0 Å². The Labute approximate surface area is 126 Å². The van der Waals surface area contributed by atoms with Crippen LogP contribution in [-0.2, 0) is 21.3 Å². The average Bonchev–Trinajstić information content (AvgIpc) is 2.74. The van der Waals surface area contributed by atoms with Crippen molar-refractivity contribution in [2.75, 3.05) is 20.1 Å². The van der Waals surface area contributed by atoms with Gasteiger partial charge >= 0.3 is 0 Å². The largest absolute Gasteiger partial charge is 0.367 e. The van der Waals surface area contributed by atoms with E-state index in [-0.39, 0.29) is 0 Å². The van der Waals surface area contributed by atoms with Crippen LogP contribution in [0.3, 0.4) is 0 Å². The van der Waals surface area contributed by atoms with Gasteiger partial charge in [0, 0.05) is 31.5 Å². The first-order valence-corrected chi connectivity index (χ1v) is 8.52. The highest BCUT2D eigenvalue weighted by atomic mass is 32.2. The summed E-state index contributed by atoms with van der Waals surface area (Å²) in [6.07, 6.45) is 1.55. The molecule has 2 N–H and O–H groups in total. The highest BCUT2D eigenvalue weighted by molar-refractivity contribution is 7.89. The van der Waals surface area contributed by atoms with Crippen LogP contribution in [0.2, 0.25) is 0 Å². The monoisotopic (exact) mass is 315 g/mol. The predicted octanol–water partition coefficient (Wildman–Crippen LogP) is 1.31. The number of nitrogens with zero attached hydrogens (tertiary/aromatic N) is 1. The maximum atomic E-state index is 12.8. The van der Waals surface area contributed by atoms with Crippen LogP contribution >= 0.6 is 0 Å². The van der Waals surface area contributed by atoms with Crippen molar-refractivity contribution in [1.29, 1.82) is 0 Å². The van der Waals surface area contributed by atoms with Crippen LogP contribution < -0.4 is 5.32 Å². The summed E-state index contributed by atoms with van der Waals surface area (Å²) in [4.78, 5) is 3.30. The molecule has 0 bridgehead atoms.